The van der Waals surface area contributed by atoms with Crippen LogP contribution in [0.15, 0.2) is 48.5 Å². The van der Waals surface area contributed by atoms with Crippen molar-refractivity contribution in [3.05, 3.63) is 76.9 Å². The summed E-state index contributed by atoms with van der Waals surface area (Å²) in [6.07, 6.45) is -4.30. The highest BCUT2D eigenvalue weighted by Crippen LogP contribution is 2.31. The molecule has 1 N–H and O–H groups in total. The molecule has 2 aromatic carbocycles. The zero-order valence-corrected chi connectivity index (χ0v) is 16.2. The number of carbonyl (C=O) groups excluding carboxylic acids is 1. The van der Waals surface area contributed by atoms with Gasteiger partial charge >= 0.3 is 6.18 Å². The Labute approximate surface area is 169 Å². The van der Waals surface area contributed by atoms with E-state index in [-0.39, 0.29) is 6.42 Å². The zero-order chi connectivity index (χ0) is 21.9. The Morgan fingerprint density at radius 1 is 1.17 bits per heavy atom. The highest BCUT2D eigenvalue weighted by molar-refractivity contribution is 5.81. The van der Waals surface area contributed by atoms with Gasteiger partial charge in [-0.2, -0.15) is 13.2 Å². The Morgan fingerprint density at radius 2 is 1.87 bits per heavy atom. The summed E-state index contributed by atoms with van der Waals surface area (Å²) in [6, 6.07) is 8.88. The number of benzene rings is 2. The van der Waals surface area contributed by atoms with Gasteiger partial charge in [-0.05, 0) is 59.7 Å². The maximum atomic E-state index is 13.2. The predicted octanol–water partition coefficient (Wildman–Crippen LogP) is 3.80. The molecule has 0 unspecified atom stereocenters. The van der Waals surface area contributed by atoms with Gasteiger partial charge in [-0.15, -0.1) is 5.10 Å². The fourth-order valence-electron chi connectivity index (χ4n) is 3.04. The summed E-state index contributed by atoms with van der Waals surface area (Å²) in [5.74, 6) is -0.486. The highest BCUT2D eigenvalue weighted by Gasteiger charge is 2.31. The van der Waals surface area contributed by atoms with Crippen molar-refractivity contribution in [2.45, 2.75) is 38.5 Å². The summed E-state index contributed by atoms with van der Waals surface area (Å²) in [4.78, 5) is 13.0. The molecule has 0 fully saturated rings. The number of amides is 1. The first-order chi connectivity index (χ1) is 14.1. The van der Waals surface area contributed by atoms with Crippen LogP contribution in [0.25, 0.3) is 0 Å². The van der Waals surface area contributed by atoms with Crippen molar-refractivity contribution in [1.29, 1.82) is 0 Å². The van der Waals surface area contributed by atoms with E-state index in [1.807, 2.05) is 0 Å². The minimum atomic E-state index is -4.48. The first-order valence-electron chi connectivity index (χ1n) is 9.11. The van der Waals surface area contributed by atoms with Crippen molar-refractivity contribution >= 4 is 5.91 Å². The lowest BCUT2D eigenvalue weighted by Crippen LogP contribution is -2.36. The molecule has 0 spiro atoms. The first-order valence-corrected chi connectivity index (χ1v) is 9.11. The van der Waals surface area contributed by atoms with Crippen molar-refractivity contribution in [3.8, 4) is 0 Å². The summed E-state index contributed by atoms with van der Waals surface area (Å²) in [7, 11) is 0. The molecule has 0 aliphatic heterocycles. The number of carbonyl (C=O) groups is 1. The van der Waals surface area contributed by atoms with Gasteiger partial charge in [0.25, 0.3) is 0 Å². The molecule has 1 heterocycles. The fourth-order valence-corrected chi connectivity index (χ4v) is 3.04. The van der Waals surface area contributed by atoms with E-state index in [2.05, 4.69) is 20.8 Å². The van der Waals surface area contributed by atoms with Crippen LogP contribution in [0, 0.1) is 12.7 Å². The van der Waals surface area contributed by atoms with Crippen LogP contribution in [-0.2, 0) is 17.4 Å². The second-order valence-electron chi connectivity index (χ2n) is 6.87. The normalized spacial score (nSPS) is 13.7. The van der Waals surface area contributed by atoms with Crippen LogP contribution in [0.2, 0.25) is 0 Å². The van der Waals surface area contributed by atoms with Gasteiger partial charge in [0, 0.05) is 6.42 Å². The Balaban J connectivity index is 1.83. The molecule has 10 heteroatoms. The standard InChI is InChI=1S/C20H19F4N5O/c1-12(15-4-3-5-16(11-15)20(22,23)24)25-19(30)18(29-13(2)26-27-28-29)10-14-6-8-17(21)9-7-14/h3-9,11-12,18H,10H2,1-2H3,(H,25,30)/t12-,18-/m0/s1. The lowest BCUT2D eigenvalue weighted by Gasteiger charge is -2.21. The molecule has 1 aromatic heterocycles. The predicted molar refractivity (Wildman–Crippen MR) is 99.7 cm³/mol. The molecular weight excluding hydrogens is 402 g/mol. The summed E-state index contributed by atoms with van der Waals surface area (Å²) >= 11 is 0. The van der Waals surface area contributed by atoms with Gasteiger partial charge in [0.05, 0.1) is 11.6 Å². The van der Waals surface area contributed by atoms with Gasteiger partial charge in [0.2, 0.25) is 5.91 Å². The maximum Gasteiger partial charge on any atom is 0.416 e. The number of aryl methyl sites for hydroxylation is 1. The lowest BCUT2D eigenvalue weighted by atomic mass is 10.0. The van der Waals surface area contributed by atoms with Crippen LogP contribution in [0.4, 0.5) is 17.6 Å². The molecule has 0 saturated heterocycles. The minimum Gasteiger partial charge on any atom is -0.348 e. The summed E-state index contributed by atoms with van der Waals surface area (Å²) < 4.78 is 53.5. The van der Waals surface area contributed by atoms with E-state index in [0.717, 1.165) is 12.1 Å². The monoisotopic (exact) mass is 421 g/mol. The van der Waals surface area contributed by atoms with Crippen molar-refractivity contribution in [3.63, 3.8) is 0 Å². The SMILES string of the molecule is Cc1nnnn1[C@@H](Cc1ccc(F)cc1)C(=O)N[C@@H](C)c1cccc(C(F)(F)F)c1. The van der Waals surface area contributed by atoms with Gasteiger partial charge in [0.15, 0.2) is 0 Å². The highest BCUT2D eigenvalue weighted by atomic mass is 19.4. The van der Waals surface area contributed by atoms with Crippen molar-refractivity contribution in [2.24, 2.45) is 0 Å². The van der Waals surface area contributed by atoms with Crippen LogP contribution < -0.4 is 5.32 Å². The summed E-state index contributed by atoms with van der Waals surface area (Å²) in [5.41, 5.74) is 0.200. The van der Waals surface area contributed by atoms with Crippen LogP contribution in [-0.4, -0.2) is 26.1 Å². The first kappa shape index (κ1) is 21.4. The van der Waals surface area contributed by atoms with Gasteiger partial charge in [0.1, 0.15) is 17.7 Å². The third kappa shape index (κ3) is 5.00. The van der Waals surface area contributed by atoms with E-state index in [1.54, 1.807) is 26.0 Å². The molecule has 3 aromatic rings. The Bertz CT molecular complexity index is 1020. The topological polar surface area (TPSA) is 72.7 Å². The van der Waals surface area contributed by atoms with Gasteiger partial charge in [-0.25, -0.2) is 9.07 Å². The number of tetrazole rings is 1. The van der Waals surface area contributed by atoms with Crippen molar-refractivity contribution in [2.75, 3.05) is 0 Å². The molecule has 6 nitrogen and oxygen atoms in total. The van der Waals surface area contributed by atoms with Crippen molar-refractivity contribution in [1.82, 2.24) is 25.5 Å². The molecule has 2 atom stereocenters. The van der Waals surface area contributed by atoms with Gasteiger partial charge < -0.3 is 5.32 Å². The molecule has 158 valence electrons. The quantitative estimate of drug-likeness (QED) is 0.615. The smallest absolute Gasteiger partial charge is 0.348 e. The Morgan fingerprint density at radius 3 is 2.47 bits per heavy atom. The number of nitrogens with zero attached hydrogens (tertiary/aromatic N) is 4. The molecule has 0 aliphatic rings. The average Bonchev–Trinajstić information content (AvgIpc) is 3.12. The van der Waals surface area contributed by atoms with Crippen LogP contribution >= 0.6 is 0 Å². The number of halogens is 4. The lowest BCUT2D eigenvalue weighted by molar-refractivity contribution is -0.137. The number of nitrogens with one attached hydrogen (secondary N) is 1. The molecule has 1 amide bonds. The number of rotatable bonds is 6. The molecule has 0 aliphatic carbocycles. The molecular formula is C20H19F4N5O. The summed E-state index contributed by atoms with van der Waals surface area (Å²) in [5, 5.41) is 13.9. The molecule has 3 rings (SSSR count). The molecule has 30 heavy (non-hydrogen) atoms. The summed E-state index contributed by atoms with van der Waals surface area (Å²) in [6.45, 7) is 3.22. The van der Waals surface area contributed by atoms with Crippen LogP contribution in [0.1, 0.15) is 41.5 Å². The van der Waals surface area contributed by atoms with E-state index in [1.165, 1.54) is 28.9 Å². The Hall–Kier alpha value is -3.30. The second-order valence-corrected chi connectivity index (χ2v) is 6.87. The van der Waals surface area contributed by atoms with E-state index < -0.39 is 35.5 Å². The largest absolute Gasteiger partial charge is 0.416 e. The molecule has 0 saturated carbocycles. The van der Waals surface area contributed by atoms with Crippen LogP contribution in [0.5, 0.6) is 0 Å². The van der Waals surface area contributed by atoms with Crippen LogP contribution in [0.3, 0.4) is 0 Å². The second kappa shape index (κ2) is 8.60. The van der Waals surface area contributed by atoms with Gasteiger partial charge in [-0.3, -0.25) is 4.79 Å². The third-order valence-electron chi connectivity index (χ3n) is 4.67. The van der Waals surface area contributed by atoms with Crippen molar-refractivity contribution < 1.29 is 22.4 Å². The zero-order valence-electron chi connectivity index (χ0n) is 16.2. The average molecular weight is 421 g/mol. The molecule has 0 radical (unpaired) electrons. The third-order valence-corrected chi connectivity index (χ3v) is 4.67. The number of hydrogen-bond acceptors (Lipinski definition) is 4. The fraction of sp³-hybridized carbons (Fsp3) is 0.300. The minimum absolute atomic E-state index is 0.174. The van der Waals surface area contributed by atoms with Gasteiger partial charge in [-0.1, -0.05) is 24.3 Å². The van der Waals surface area contributed by atoms with E-state index in [0.29, 0.717) is 17.0 Å². The van der Waals surface area contributed by atoms with E-state index >= 15 is 0 Å². The maximum absolute atomic E-state index is 13.2. The molecule has 0 bridgehead atoms. The number of alkyl halides is 3. The Kier molecular flexibility index (Phi) is 6.14. The number of aromatic nitrogens is 4. The van der Waals surface area contributed by atoms with E-state index in [4.69, 9.17) is 0 Å². The number of hydrogen-bond donors (Lipinski definition) is 1. The van der Waals surface area contributed by atoms with E-state index in [9.17, 15) is 22.4 Å².